The van der Waals surface area contributed by atoms with E-state index in [0.29, 0.717) is 0 Å². The van der Waals surface area contributed by atoms with Gasteiger partial charge in [0, 0.05) is 42.2 Å². The average molecular weight is 358 g/mol. The quantitative estimate of drug-likeness (QED) is 0.717. The number of nitrogens with zero attached hydrogens (tertiary/aromatic N) is 4. The van der Waals surface area contributed by atoms with Gasteiger partial charge in [-0.3, -0.25) is 0 Å². The van der Waals surface area contributed by atoms with Crippen molar-refractivity contribution in [2.24, 2.45) is 0 Å². The van der Waals surface area contributed by atoms with Crippen molar-refractivity contribution in [3.8, 4) is 17.1 Å². The van der Waals surface area contributed by atoms with E-state index in [1.165, 1.54) is 16.8 Å². The fraction of sp³-hybridized carbons (Fsp3) is 0.273. The van der Waals surface area contributed by atoms with Crippen molar-refractivity contribution in [1.29, 1.82) is 0 Å². The second kappa shape index (κ2) is 6.67. The van der Waals surface area contributed by atoms with Crippen molar-refractivity contribution in [1.82, 2.24) is 14.8 Å². The van der Waals surface area contributed by atoms with Gasteiger partial charge in [-0.1, -0.05) is 29.8 Å². The molecule has 5 heteroatoms. The van der Waals surface area contributed by atoms with Crippen molar-refractivity contribution >= 4 is 11.8 Å². The highest BCUT2D eigenvalue weighted by Crippen LogP contribution is 2.31. The fourth-order valence-corrected chi connectivity index (χ4v) is 3.81. The summed E-state index contributed by atoms with van der Waals surface area (Å²) in [6, 6.07) is 12.6. The van der Waals surface area contributed by atoms with Gasteiger partial charge >= 0.3 is 0 Å². The van der Waals surface area contributed by atoms with Gasteiger partial charge < -0.3 is 9.64 Å². The first-order valence-electron chi connectivity index (χ1n) is 9.44. The highest BCUT2D eigenvalue weighted by atomic mass is 16.5. The molecule has 3 aromatic rings. The molecule has 2 aliphatic rings. The number of hydrogen-bond acceptors (Lipinski definition) is 4. The zero-order valence-electron chi connectivity index (χ0n) is 15.4. The van der Waals surface area contributed by atoms with E-state index in [1.807, 2.05) is 16.9 Å². The smallest absolute Gasteiger partial charge is 0.156 e. The summed E-state index contributed by atoms with van der Waals surface area (Å²) >= 11 is 0. The summed E-state index contributed by atoms with van der Waals surface area (Å²) in [5.41, 5.74) is 6.95. The van der Waals surface area contributed by atoms with Crippen LogP contribution in [0.1, 0.15) is 16.8 Å². The molecule has 0 radical (unpaired) electrons. The molecule has 1 aliphatic heterocycles. The van der Waals surface area contributed by atoms with E-state index in [1.54, 1.807) is 0 Å². The van der Waals surface area contributed by atoms with Crippen LogP contribution < -0.4 is 4.90 Å². The lowest BCUT2D eigenvalue weighted by Gasteiger charge is -2.30. The third-order valence-corrected chi connectivity index (χ3v) is 5.21. The number of aryl methyl sites for hydroxylation is 1. The molecule has 0 bridgehead atoms. The number of allylic oxidation sites excluding steroid dienone is 1. The highest BCUT2D eigenvalue weighted by Gasteiger charge is 2.21. The lowest BCUT2D eigenvalue weighted by atomic mass is 10.1. The maximum atomic E-state index is 5.53. The second-order valence-corrected chi connectivity index (χ2v) is 7.08. The van der Waals surface area contributed by atoms with Crippen molar-refractivity contribution < 1.29 is 4.74 Å². The Hall–Kier alpha value is -2.92. The zero-order chi connectivity index (χ0) is 18.2. The number of morpholine rings is 1. The Kier molecular flexibility index (Phi) is 4.02. The van der Waals surface area contributed by atoms with E-state index in [4.69, 9.17) is 14.8 Å². The second-order valence-electron chi connectivity index (χ2n) is 7.08. The van der Waals surface area contributed by atoms with Crippen molar-refractivity contribution in [2.75, 3.05) is 31.2 Å². The number of aromatic nitrogens is 3. The number of anilines is 1. The van der Waals surface area contributed by atoms with Crippen LogP contribution in [0.4, 0.5) is 5.69 Å². The number of benzene rings is 1. The third kappa shape index (κ3) is 3.04. The molecule has 5 rings (SSSR count). The summed E-state index contributed by atoms with van der Waals surface area (Å²) in [6.45, 7) is 5.49. The average Bonchev–Trinajstić information content (AvgIpc) is 3.37. The summed E-state index contributed by atoms with van der Waals surface area (Å²) in [5, 5.41) is 4.79. The Morgan fingerprint density at radius 3 is 2.81 bits per heavy atom. The van der Waals surface area contributed by atoms with Crippen LogP contribution in [0, 0.1) is 6.92 Å². The lowest BCUT2D eigenvalue weighted by molar-refractivity contribution is 0.122. The Bertz CT molecular complexity index is 1010. The molecule has 136 valence electrons. The number of ether oxygens (including phenoxy) is 1. The van der Waals surface area contributed by atoms with Gasteiger partial charge in [0.1, 0.15) is 0 Å². The molecule has 1 saturated heterocycles. The molecule has 0 unspecified atom stereocenters. The number of pyridine rings is 1. The minimum absolute atomic E-state index is 0.777. The van der Waals surface area contributed by atoms with Gasteiger partial charge in [0.25, 0.3) is 0 Å². The van der Waals surface area contributed by atoms with E-state index in [0.717, 1.165) is 55.5 Å². The van der Waals surface area contributed by atoms with Gasteiger partial charge in [-0.15, -0.1) is 0 Å². The number of fused-ring (bicyclic) bond motifs is 1. The monoisotopic (exact) mass is 358 g/mol. The first-order valence-corrected chi connectivity index (χ1v) is 9.44. The van der Waals surface area contributed by atoms with Crippen molar-refractivity contribution in [2.45, 2.75) is 13.3 Å². The molecule has 0 atom stereocenters. The van der Waals surface area contributed by atoms with E-state index in [-0.39, 0.29) is 0 Å². The maximum Gasteiger partial charge on any atom is 0.156 e. The molecule has 3 heterocycles. The topological polar surface area (TPSA) is 43.2 Å². The molecule has 0 saturated carbocycles. The summed E-state index contributed by atoms with van der Waals surface area (Å²) in [5.74, 6) is 0.862. The lowest BCUT2D eigenvalue weighted by Crippen LogP contribution is -2.37. The van der Waals surface area contributed by atoms with Gasteiger partial charge in [0.05, 0.1) is 24.6 Å². The van der Waals surface area contributed by atoms with Crippen LogP contribution in [0.25, 0.3) is 23.2 Å². The maximum absolute atomic E-state index is 5.53. The minimum atomic E-state index is 0.777. The zero-order valence-corrected chi connectivity index (χ0v) is 15.4. The highest BCUT2D eigenvalue weighted by molar-refractivity contribution is 5.70. The van der Waals surface area contributed by atoms with E-state index < -0.39 is 0 Å². The molecule has 5 nitrogen and oxygen atoms in total. The SMILES string of the molecule is Cc1cccc(-c2ccn(-c3cc(N4CCOCC4)c4c(n3)C=CC4)n2)c1. The number of hydrogen-bond donors (Lipinski definition) is 0. The van der Waals surface area contributed by atoms with Crippen LogP contribution in [0.15, 0.2) is 48.7 Å². The molecular formula is C22H22N4O. The molecule has 0 spiro atoms. The van der Waals surface area contributed by atoms with Gasteiger partial charge in [-0.05, 0) is 31.6 Å². The molecule has 27 heavy (non-hydrogen) atoms. The summed E-state index contributed by atoms with van der Waals surface area (Å²) < 4.78 is 7.41. The number of rotatable bonds is 3. The Labute approximate surface area is 158 Å². The predicted octanol–water partition coefficient (Wildman–Crippen LogP) is 3.65. The van der Waals surface area contributed by atoms with E-state index >= 15 is 0 Å². The third-order valence-electron chi connectivity index (χ3n) is 5.21. The molecule has 0 N–H and O–H groups in total. The van der Waals surface area contributed by atoms with Gasteiger partial charge in [0.2, 0.25) is 0 Å². The van der Waals surface area contributed by atoms with Crippen LogP contribution in [-0.4, -0.2) is 41.1 Å². The van der Waals surface area contributed by atoms with E-state index in [2.05, 4.69) is 54.3 Å². The standard InChI is InChI=1S/C22H22N4O/c1-16-4-2-5-17(14-16)19-8-9-26(24-19)22-15-21(25-10-12-27-13-11-25)18-6-3-7-20(18)23-22/h2-5,7-9,14-15H,6,10-13H2,1H3. The van der Waals surface area contributed by atoms with Gasteiger partial charge in [0.15, 0.2) is 5.82 Å². The normalized spacial score (nSPS) is 16.0. The molecular weight excluding hydrogens is 336 g/mol. The molecule has 1 fully saturated rings. The first kappa shape index (κ1) is 16.3. The molecule has 2 aromatic heterocycles. The van der Waals surface area contributed by atoms with Crippen LogP contribution in [-0.2, 0) is 11.2 Å². The summed E-state index contributed by atoms with van der Waals surface area (Å²) in [7, 11) is 0. The Morgan fingerprint density at radius 1 is 1.07 bits per heavy atom. The van der Waals surface area contributed by atoms with Crippen LogP contribution in [0.3, 0.4) is 0 Å². The molecule has 0 amide bonds. The Morgan fingerprint density at radius 2 is 1.96 bits per heavy atom. The van der Waals surface area contributed by atoms with Crippen LogP contribution >= 0.6 is 0 Å². The minimum Gasteiger partial charge on any atom is -0.378 e. The largest absolute Gasteiger partial charge is 0.378 e. The van der Waals surface area contributed by atoms with Gasteiger partial charge in [-0.25, -0.2) is 9.67 Å². The molecule has 1 aliphatic carbocycles. The Balaban J connectivity index is 1.55. The molecule has 1 aromatic carbocycles. The fourth-order valence-electron chi connectivity index (χ4n) is 3.81. The first-order chi connectivity index (χ1) is 13.3. The van der Waals surface area contributed by atoms with E-state index in [9.17, 15) is 0 Å². The van der Waals surface area contributed by atoms with Crippen molar-refractivity contribution in [3.63, 3.8) is 0 Å². The summed E-state index contributed by atoms with van der Waals surface area (Å²) in [6.07, 6.45) is 7.25. The predicted molar refractivity (Wildman–Crippen MR) is 107 cm³/mol. The van der Waals surface area contributed by atoms with Crippen LogP contribution in [0.2, 0.25) is 0 Å². The van der Waals surface area contributed by atoms with Crippen LogP contribution in [0.5, 0.6) is 0 Å². The summed E-state index contributed by atoms with van der Waals surface area (Å²) in [4.78, 5) is 7.27. The van der Waals surface area contributed by atoms with Crippen molar-refractivity contribution in [3.05, 3.63) is 65.5 Å². The van der Waals surface area contributed by atoms with Gasteiger partial charge in [-0.2, -0.15) is 5.10 Å².